The van der Waals surface area contributed by atoms with E-state index in [1.165, 1.54) is 5.56 Å². The molecule has 1 aliphatic heterocycles. The first-order chi connectivity index (χ1) is 15.1. The maximum atomic E-state index is 12.5. The Morgan fingerprint density at radius 2 is 1.61 bits per heavy atom. The second kappa shape index (κ2) is 12.0. The number of piperidine rings is 1. The van der Waals surface area contributed by atoms with Crippen LogP contribution >= 0.6 is 0 Å². The van der Waals surface area contributed by atoms with Gasteiger partial charge in [-0.15, -0.1) is 0 Å². The summed E-state index contributed by atoms with van der Waals surface area (Å²) in [4.78, 5) is 26.5. The van der Waals surface area contributed by atoms with Gasteiger partial charge in [0.25, 0.3) is 5.91 Å². The topological polar surface area (TPSA) is 67.9 Å². The predicted molar refractivity (Wildman–Crippen MR) is 120 cm³/mol. The normalized spacial score (nSPS) is 14.2. The Morgan fingerprint density at radius 3 is 2.26 bits per heavy atom. The molecule has 0 atom stereocenters. The van der Waals surface area contributed by atoms with Crippen LogP contribution in [0.1, 0.15) is 38.2 Å². The number of amides is 2. The van der Waals surface area contributed by atoms with Crippen LogP contribution in [0, 0.1) is 0 Å². The minimum atomic E-state index is -0.0276. The van der Waals surface area contributed by atoms with Gasteiger partial charge < -0.3 is 19.7 Å². The van der Waals surface area contributed by atoms with Crippen LogP contribution in [0.4, 0.5) is 0 Å². The van der Waals surface area contributed by atoms with Crippen molar-refractivity contribution in [3.8, 4) is 11.5 Å². The molecule has 2 aromatic rings. The van der Waals surface area contributed by atoms with E-state index in [1.54, 1.807) is 0 Å². The summed E-state index contributed by atoms with van der Waals surface area (Å²) in [5.41, 5.74) is 1.17. The van der Waals surface area contributed by atoms with E-state index in [0.29, 0.717) is 31.9 Å². The van der Waals surface area contributed by atoms with Gasteiger partial charge in [0.2, 0.25) is 5.91 Å². The summed E-state index contributed by atoms with van der Waals surface area (Å²) in [5.74, 6) is 1.50. The van der Waals surface area contributed by atoms with Crippen LogP contribution in [-0.4, -0.2) is 49.1 Å². The lowest BCUT2D eigenvalue weighted by atomic mass is 10.0. The molecular formula is C25H32N2O4. The second-order valence-corrected chi connectivity index (χ2v) is 7.82. The van der Waals surface area contributed by atoms with Gasteiger partial charge in [0, 0.05) is 25.6 Å². The van der Waals surface area contributed by atoms with E-state index in [-0.39, 0.29) is 24.5 Å². The van der Waals surface area contributed by atoms with Crippen LogP contribution in [0.15, 0.2) is 54.6 Å². The quantitative estimate of drug-likeness (QED) is 0.633. The van der Waals surface area contributed by atoms with Crippen LogP contribution in [0.25, 0.3) is 0 Å². The molecule has 6 nitrogen and oxygen atoms in total. The molecule has 2 aromatic carbocycles. The van der Waals surface area contributed by atoms with Crippen molar-refractivity contribution in [3.63, 3.8) is 0 Å². The fraction of sp³-hybridized carbons (Fsp3) is 0.440. The first-order valence-electron chi connectivity index (χ1n) is 11.1. The summed E-state index contributed by atoms with van der Waals surface area (Å²) in [6.07, 6.45) is 3.73. The monoisotopic (exact) mass is 424 g/mol. The molecule has 1 fully saturated rings. The minimum absolute atomic E-state index is 0.0171. The number of likely N-dealkylation sites (tertiary alicyclic amines) is 1. The molecule has 31 heavy (non-hydrogen) atoms. The van der Waals surface area contributed by atoms with E-state index < -0.39 is 0 Å². The molecule has 6 heteroatoms. The highest BCUT2D eigenvalue weighted by atomic mass is 16.5. The van der Waals surface area contributed by atoms with Crippen molar-refractivity contribution in [1.82, 2.24) is 10.2 Å². The van der Waals surface area contributed by atoms with Gasteiger partial charge in [-0.1, -0.05) is 37.3 Å². The summed E-state index contributed by atoms with van der Waals surface area (Å²) >= 11 is 0. The van der Waals surface area contributed by atoms with Crippen molar-refractivity contribution >= 4 is 11.8 Å². The summed E-state index contributed by atoms with van der Waals surface area (Å²) in [7, 11) is 0. The zero-order valence-corrected chi connectivity index (χ0v) is 18.2. The Hall–Kier alpha value is -3.02. The van der Waals surface area contributed by atoms with Gasteiger partial charge >= 0.3 is 0 Å². The number of carbonyl (C=O) groups is 2. The molecule has 0 spiro atoms. The second-order valence-electron chi connectivity index (χ2n) is 7.82. The first kappa shape index (κ1) is 22.7. The number of aryl methyl sites for hydroxylation is 1. The highest BCUT2D eigenvalue weighted by Gasteiger charge is 2.24. The molecule has 0 radical (unpaired) electrons. The maximum Gasteiger partial charge on any atom is 0.260 e. The summed E-state index contributed by atoms with van der Waals surface area (Å²) in [5, 5.41) is 3.11. The number of rotatable bonds is 10. The van der Waals surface area contributed by atoms with Gasteiger partial charge in [-0.3, -0.25) is 9.59 Å². The highest BCUT2D eigenvalue weighted by molar-refractivity contribution is 5.78. The molecule has 0 bridgehead atoms. The number of hydrogen-bond donors (Lipinski definition) is 1. The third-order valence-corrected chi connectivity index (χ3v) is 5.36. The summed E-state index contributed by atoms with van der Waals surface area (Å²) < 4.78 is 11.2. The number of nitrogens with one attached hydrogen (secondary N) is 1. The van der Waals surface area contributed by atoms with Crippen molar-refractivity contribution in [1.29, 1.82) is 0 Å². The van der Waals surface area contributed by atoms with E-state index in [2.05, 4.69) is 12.2 Å². The summed E-state index contributed by atoms with van der Waals surface area (Å²) in [6, 6.07) is 17.5. The van der Waals surface area contributed by atoms with Gasteiger partial charge in [0.05, 0.1) is 6.61 Å². The number of benzene rings is 2. The number of carbonyl (C=O) groups excluding carboxylic acids is 2. The standard InChI is InChI=1S/C25H32N2O4/c1-2-18-30-22-9-11-23(12-10-22)31-19-25(29)27-16-14-21(15-17-27)26-24(28)13-8-20-6-4-3-5-7-20/h3-7,9-12,21H,2,8,13-19H2,1H3,(H,26,28). The Kier molecular flexibility index (Phi) is 8.76. The van der Waals surface area contributed by atoms with Crippen LogP contribution < -0.4 is 14.8 Å². The van der Waals surface area contributed by atoms with Crippen LogP contribution in [0.5, 0.6) is 11.5 Å². The van der Waals surface area contributed by atoms with Crippen LogP contribution in [-0.2, 0) is 16.0 Å². The smallest absolute Gasteiger partial charge is 0.260 e. The van der Waals surface area contributed by atoms with E-state index in [1.807, 2.05) is 59.5 Å². The molecule has 166 valence electrons. The molecule has 1 N–H and O–H groups in total. The number of hydrogen-bond acceptors (Lipinski definition) is 4. The first-order valence-corrected chi connectivity index (χ1v) is 11.1. The predicted octanol–water partition coefficient (Wildman–Crippen LogP) is 3.59. The molecule has 2 amide bonds. The SMILES string of the molecule is CCCOc1ccc(OCC(=O)N2CCC(NC(=O)CCc3ccccc3)CC2)cc1. The average molecular weight is 425 g/mol. The van der Waals surface area contributed by atoms with Gasteiger partial charge in [-0.2, -0.15) is 0 Å². The van der Waals surface area contributed by atoms with Gasteiger partial charge in [0.15, 0.2) is 6.61 Å². The lowest BCUT2D eigenvalue weighted by Crippen LogP contribution is -2.47. The largest absolute Gasteiger partial charge is 0.494 e. The minimum Gasteiger partial charge on any atom is -0.494 e. The lowest BCUT2D eigenvalue weighted by Gasteiger charge is -2.32. The molecule has 0 unspecified atom stereocenters. The lowest BCUT2D eigenvalue weighted by molar-refractivity contribution is -0.134. The van der Waals surface area contributed by atoms with Gasteiger partial charge in [-0.05, 0) is 55.5 Å². The molecular weight excluding hydrogens is 392 g/mol. The number of nitrogens with zero attached hydrogens (tertiary/aromatic N) is 1. The Bertz CT molecular complexity index is 815. The van der Waals surface area contributed by atoms with E-state index in [0.717, 1.165) is 31.4 Å². The van der Waals surface area contributed by atoms with Crippen molar-refractivity contribution in [2.75, 3.05) is 26.3 Å². The third-order valence-electron chi connectivity index (χ3n) is 5.36. The molecule has 1 aliphatic rings. The van der Waals surface area contributed by atoms with Gasteiger partial charge in [0.1, 0.15) is 11.5 Å². The fourth-order valence-corrected chi connectivity index (χ4v) is 3.56. The average Bonchev–Trinajstić information content (AvgIpc) is 2.81. The summed E-state index contributed by atoms with van der Waals surface area (Å²) in [6.45, 7) is 4.03. The molecule has 3 rings (SSSR count). The maximum absolute atomic E-state index is 12.5. The van der Waals surface area contributed by atoms with E-state index in [9.17, 15) is 9.59 Å². The zero-order chi connectivity index (χ0) is 21.9. The third kappa shape index (κ3) is 7.63. The number of ether oxygens (including phenoxy) is 2. The van der Waals surface area contributed by atoms with Crippen LogP contribution in [0.3, 0.4) is 0 Å². The molecule has 1 heterocycles. The molecule has 0 saturated carbocycles. The fourth-order valence-electron chi connectivity index (χ4n) is 3.56. The van der Waals surface area contributed by atoms with Crippen molar-refractivity contribution < 1.29 is 19.1 Å². The molecule has 0 aliphatic carbocycles. The van der Waals surface area contributed by atoms with Crippen molar-refractivity contribution in [2.45, 2.75) is 45.1 Å². The van der Waals surface area contributed by atoms with Crippen molar-refractivity contribution in [2.24, 2.45) is 0 Å². The Morgan fingerprint density at radius 1 is 0.968 bits per heavy atom. The molecule has 0 aromatic heterocycles. The van der Waals surface area contributed by atoms with Gasteiger partial charge in [-0.25, -0.2) is 0 Å². The zero-order valence-electron chi connectivity index (χ0n) is 18.2. The van der Waals surface area contributed by atoms with Crippen LogP contribution in [0.2, 0.25) is 0 Å². The highest BCUT2D eigenvalue weighted by Crippen LogP contribution is 2.18. The Labute approximate surface area is 184 Å². The van der Waals surface area contributed by atoms with E-state index in [4.69, 9.17) is 9.47 Å². The van der Waals surface area contributed by atoms with Crippen molar-refractivity contribution in [3.05, 3.63) is 60.2 Å². The van der Waals surface area contributed by atoms with E-state index >= 15 is 0 Å². The Balaban J connectivity index is 1.33. The molecule has 1 saturated heterocycles.